The van der Waals surface area contributed by atoms with E-state index in [-0.39, 0.29) is 23.1 Å². The van der Waals surface area contributed by atoms with Gasteiger partial charge in [-0.05, 0) is 12.1 Å². The van der Waals surface area contributed by atoms with Crippen LogP contribution in [0.15, 0.2) is 30.6 Å². The van der Waals surface area contributed by atoms with E-state index in [0.29, 0.717) is 31.7 Å². The Balaban J connectivity index is 1.71. The van der Waals surface area contributed by atoms with Crippen molar-refractivity contribution in [3.05, 3.63) is 36.3 Å². The summed E-state index contributed by atoms with van der Waals surface area (Å²) in [4.78, 5) is 13.5. The molecule has 0 spiro atoms. The van der Waals surface area contributed by atoms with Crippen LogP contribution in [0.4, 0.5) is 19.0 Å². The molecule has 0 saturated carbocycles. The van der Waals surface area contributed by atoms with Crippen LogP contribution < -0.4 is 5.32 Å². The van der Waals surface area contributed by atoms with Gasteiger partial charge in [-0.1, -0.05) is 0 Å². The van der Waals surface area contributed by atoms with Crippen LogP contribution in [0.5, 0.6) is 0 Å². The van der Waals surface area contributed by atoms with Gasteiger partial charge in [0.05, 0.1) is 11.5 Å². The first-order valence-corrected chi connectivity index (χ1v) is 10.1. The van der Waals surface area contributed by atoms with Gasteiger partial charge < -0.3 is 5.32 Å². The van der Waals surface area contributed by atoms with Crippen LogP contribution in [0.25, 0.3) is 11.4 Å². The first kappa shape index (κ1) is 19.5. The number of hydrogen-bond donors (Lipinski definition) is 1. The van der Waals surface area contributed by atoms with E-state index in [1.165, 1.54) is 24.5 Å². The van der Waals surface area contributed by atoms with Crippen LogP contribution in [0.2, 0.25) is 0 Å². The lowest BCUT2D eigenvalue weighted by molar-refractivity contribution is -0.141. The maximum absolute atomic E-state index is 13.2. The van der Waals surface area contributed by atoms with E-state index >= 15 is 0 Å². The summed E-state index contributed by atoms with van der Waals surface area (Å²) in [5, 5.41) is 2.88. The highest BCUT2D eigenvalue weighted by molar-refractivity contribution is 7.91. The van der Waals surface area contributed by atoms with Crippen LogP contribution in [-0.2, 0) is 16.0 Å². The molecule has 0 unspecified atom stereocenters. The zero-order valence-electron chi connectivity index (χ0n) is 14.3. The first-order chi connectivity index (χ1) is 12.7. The monoisotopic (exact) mass is 401 g/mol. The second kappa shape index (κ2) is 7.77. The van der Waals surface area contributed by atoms with Gasteiger partial charge in [0.15, 0.2) is 21.4 Å². The minimum absolute atomic E-state index is 0.0428. The van der Waals surface area contributed by atoms with E-state index in [1.54, 1.807) is 0 Å². The quantitative estimate of drug-likeness (QED) is 0.816. The van der Waals surface area contributed by atoms with Crippen molar-refractivity contribution in [1.82, 2.24) is 19.9 Å². The summed E-state index contributed by atoms with van der Waals surface area (Å²) in [6.45, 7) is 1.68. The van der Waals surface area contributed by atoms with Gasteiger partial charge in [-0.25, -0.2) is 18.4 Å². The predicted molar refractivity (Wildman–Crippen MR) is 93.8 cm³/mol. The van der Waals surface area contributed by atoms with Crippen molar-refractivity contribution in [2.45, 2.75) is 6.18 Å². The molecule has 1 saturated heterocycles. The molecule has 146 valence electrons. The van der Waals surface area contributed by atoms with Crippen molar-refractivity contribution in [3.63, 3.8) is 0 Å². The Labute approximate surface area is 154 Å². The summed E-state index contributed by atoms with van der Waals surface area (Å²) in [5.74, 6) is 0.225. The fourth-order valence-corrected chi connectivity index (χ4v) is 3.91. The molecule has 7 nitrogen and oxygen atoms in total. The second-order valence-corrected chi connectivity index (χ2v) is 8.42. The average molecular weight is 401 g/mol. The van der Waals surface area contributed by atoms with Crippen LogP contribution in [0.3, 0.4) is 0 Å². The minimum Gasteiger partial charge on any atom is -0.369 e. The van der Waals surface area contributed by atoms with Gasteiger partial charge in [-0.15, -0.1) is 0 Å². The van der Waals surface area contributed by atoms with Gasteiger partial charge in [0.2, 0.25) is 0 Å². The number of pyridine rings is 1. The molecule has 3 rings (SSSR count). The molecule has 3 heterocycles. The predicted octanol–water partition coefficient (Wildman–Crippen LogP) is 1.70. The summed E-state index contributed by atoms with van der Waals surface area (Å²) < 4.78 is 62.3. The van der Waals surface area contributed by atoms with E-state index in [2.05, 4.69) is 20.3 Å². The lowest BCUT2D eigenvalue weighted by Crippen LogP contribution is -2.42. The van der Waals surface area contributed by atoms with Gasteiger partial charge in [0, 0.05) is 50.2 Å². The van der Waals surface area contributed by atoms with Gasteiger partial charge in [0.25, 0.3) is 0 Å². The largest absolute Gasteiger partial charge is 0.433 e. The number of sulfone groups is 1. The number of rotatable bonds is 5. The second-order valence-electron chi connectivity index (χ2n) is 6.12. The number of alkyl halides is 3. The van der Waals surface area contributed by atoms with E-state index in [0.717, 1.165) is 6.07 Å². The van der Waals surface area contributed by atoms with Crippen LogP contribution >= 0.6 is 0 Å². The molecule has 1 fully saturated rings. The van der Waals surface area contributed by atoms with Crippen molar-refractivity contribution in [2.24, 2.45) is 0 Å². The smallest absolute Gasteiger partial charge is 0.369 e. The SMILES string of the molecule is O=S1(=O)CCN(CCNc2cc(C(F)(F)F)nc(-c3ccncc3)n2)CC1. The Morgan fingerprint density at radius 1 is 1.11 bits per heavy atom. The Hall–Kier alpha value is -2.27. The highest BCUT2D eigenvalue weighted by Gasteiger charge is 2.34. The summed E-state index contributed by atoms with van der Waals surface area (Å²) in [6.07, 6.45) is -1.69. The molecule has 11 heteroatoms. The summed E-state index contributed by atoms with van der Waals surface area (Å²) >= 11 is 0. The lowest BCUT2D eigenvalue weighted by Gasteiger charge is -2.26. The molecule has 1 N–H and O–H groups in total. The van der Waals surface area contributed by atoms with Crippen LogP contribution in [0.1, 0.15) is 5.69 Å². The Kier molecular flexibility index (Phi) is 5.61. The highest BCUT2D eigenvalue weighted by Crippen LogP contribution is 2.30. The molecule has 0 radical (unpaired) electrons. The first-order valence-electron chi connectivity index (χ1n) is 8.26. The van der Waals surface area contributed by atoms with E-state index < -0.39 is 21.7 Å². The van der Waals surface area contributed by atoms with E-state index in [9.17, 15) is 21.6 Å². The van der Waals surface area contributed by atoms with E-state index in [4.69, 9.17) is 0 Å². The normalized spacial score (nSPS) is 17.6. The summed E-state index contributed by atoms with van der Waals surface area (Å²) in [5.41, 5.74) is -0.601. The standard InChI is InChI=1S/C16H18F3N5O2S/c17-16(18,19)13-11-14(23-15(22-13)12-1-3-20-4-2-12)21-5-6-24-7-9-27(25,26)10-8-24/h1-4,11H,5-10H2,(H,21,22,23). The van der Waals surface area contributed by atoms with Crippen LogP contribution in [0, 0.1) is 0 Å². The fraction of sp³-hybridized carbons (Fsp3) is 0.438. The van der Waals surface area contributed by atoms with Crippen molar-refractivity contribution >= 4 is 15.7 Å². The molecule has 0 bridgehead atoms. The third-order valence-corrected chi connectivity index (χ3v) is 5.74. The molecule has 1 aliphatic heterocycles. The minimum atomic E-state index is -4.59. The number of hydrogen-bond acceptors (Lipinski definition) is 7. The van der Waals surface area contributed by atoms with Gasteiger partial charge in [-0.3, -0.25) is 9.88 Å². The van der Waals surface area contributed by atoms with Gasteiger partial charge in [0.1, 0.15) is 5.82 Å². The highest BCUT2D eigenvalue weighted by atomic mass is 32.2. The van der Waals surface area contributed by atoms with Crippen LogP contribution in [-0.4, -0.2) is 66.0 Å². The zero-order chi connectivity index (χ0) is 19.5. The van der Waals surface area contributed by atoms with Crippen molar-refractivity contribution in [3.8, 4) is 11.4 Å². The number of nitrogens with zero attached hydrogens (tertiary/aromatic N) is 4. The molecule has 27 heavy (non-hydrogen) atoms. The molecular formula is C16H18F3N5O2S. The summed E-state index contributed by atoms with van der Waals surface area (Å²) in [7, 11) is -2.96. The molecule has 2 aromatic rings. The number of anilines is 1. The molecule has 0 aromatic carbocycles. The molecular weight excluding hydrogens is 383 g/mol. The van der Waals surface area contributed by atoms with Gasteiger partial charge in [-0.2, -0.15) is 13.2 Å². The molecule has 0 amide bonds. The maximum Gasteiger partial charge on any atom is 0.433 e. The lowest BCUT2D eigenvalue weighted by atomic mass is 10.2. The zero-order valence-corrected chi connectivity index (χ0v) is 15.1. The van der Waals surface area contributed by atoms with E-state index in [1.807, 2.05) is 4.90 Å². The van der Waals surface area contributed by atoms with Crippen molar-refractivity contribution in [1.29, 1.82) is 0 Å². The van der Waals surface area contributed by atoms with Gasteiger partial charge >= 0.3 is 6.18 Å². The summed E-state index contributed by atoms with van der Waals surface area (Å²) in [6, 6.07) is 3.94. The number of aromatic nitrogens is 3. The third kappa shape index (κ3) is 5.36. The molecule has 1 aliphatic rings. The molecule has 2 aromatic heterocycles. The fourth-order valence-electron chi connectivity index (χ4n) is 2.63. The number of halogens is 3. The molecule has 0 aliphatic carbocycles. The average Bonchev–Trinajstić information content (AvgIpc) is 2.63. The molecule has 0 atom stereocenters. The Morgan fingerprint density at radius 2 is 1.78 bits per heavy atom. The third-order valence-electron chi connectivity index (χ3n) is 4.13. The van der Waals surface area contributed by atoms with Crippen molar-refractivity contribution < 1.29 is 21.6 Å². The number of nitrogens with one attached hydrogen (secondary N) is 1. The topological polar surface area (TPSA) is 88.1 Å². The van der Waals surface area contributed by atoms with Crippen molar-refractivity contribution in [2.75, 3.05) is 43.0 Å². The Bertz CT molecular complexity index is 877. The Morgan fingerprint density at radius 3 is 2.41 bits per heavy atom. The maximum atomic E-state index is 13.2.